The maximum absolute atomic E-state index is 10.4. The van der Waals surface area contributed by atoms with Crippen molar-refractivity contribution < 1.29 is 45.6 Å². The lowest BCUT2D eigenvalue weighted by Crippen LogP contribution is -2.58. The molecule has 1 aromatic heterocycles. The largest absolute Gasteiger partial charge is 0.396 e. The van der Waals surface area contributed by atoms with E-state index in [1.54, 1.807) is 0 Å². The van der Waals surface area contributed by atoms with Gasteiger partial charge in [0.15, 0.2) is 0 Å². The van der Waals surface area contributed by atoms with Crippen molar-refractivity contribution in [2.45, 2.75) is 68.7 Å². The lowest BCUT2D eigenvalue weighted by Gasteiger charge is -2.37. The Balaban J connectivity index is 1.48. The summed E-state index contributed by atoms with van der Waals surface area (Å²) < 4.78 is 7.65. The van der Waals surface area contributed by atoms with Crippen LogP contribution in [0.5, 0.6) is 0 Å². The lowest BCUT2D eigenvalue weighted by atomic mass is 9.76. The summed E-state index contributed by atoms with van der Waals surface area (Å²) in [6.07, 6.45) is -10.1. The molecule has 10 nitrogen and oxygen atoms in total. The van der Waals surface area contributed by atoms with Crippen molar-refractivity contribution in [3.8, 4) is 23.7 Å². The van der Waals surface area contributed by atoms with E-state index in [9.17, 15) is 40.9 Å². The van der Waals surface area contributed by atoms with Gasteiger partial charge in [-0.05, 0) is 49.7 Å². The van der Waals surface area contributed by atoms with Crippen LogP contribution in [0.1, 0.15) is 24.5 Å². The van der Waals surface area contributed by atoms with Gasteiger partial charge in [-0.1, -0.05) is 23.7 Å². The van der Waals surface area contributed by atoms with Crippen molar-refractivity contribution in [1.29, 1.82) is 0 Å². The number of aryl methyl sites for hydroxylation is 1. The van der Waals surface area contributed by atoms with E-state index >= 15 is 0 Å². The van der Waals surface area contributed by atoms with E-state index in [2.05, 4.69) is 28.2 Å². The monoisotopic (exact) mass is 565 g/mol. The summed E-state index contributed by atoms with van der Waals surface area (Å²) in [6, 6.07) is 11.5. The summed E-state index contributed by atoms with van der Waals surface area (Å²) in [6.45, 7) is 1.92. The molecule has 1 saturated carbocycles. The van der Waals surface area contributed by atoms with Crippen molar-refractivity contribution in [1.82, 2.24) is 4.57 Å². The fourth-order valence-corrected chi connectivity index (χ4v) is 5.80. The molecule has 10 heteroatoms. The van der Waals surface area contributed by atoms with E-state index in [-0.39, 0.29) is 13.0 Å². The number of hydrogen-bond donors (Lipinski definition) is 8. The van der Waals surface area contributed by atoms with Crippen LogP contribution in [-0.2, 0) is 11.3 Å². The molecule has 2 aromatic carbocycles. The molecule has 1 aliphatic heterocycles. The molecule has 0 bridgehead atoms. The van der Waals surface area contributed by atoms with Crippen LogP contribution in [0.15, 0.2) is 36.4 Å². The number of aliphatic hydroxyl groups excluding tert-OH is 8. The number of benzene rings is 2. The third kappa shape index (κ3) is 5.47. The minimum absolute atomic E-state index is 0.261. The van der Waals surface area contributed by atoms with Crippen LogP contribution in [0.25, 0.3) is 21.8 Å². The first kappa shape index (κ1) is 29.5. The Morgan fingerprint density at radius 1 is 0.732 bits per heavy atom. The van der Waals surface area contributed by atoms with Crippen LogP contribution in [-0.4, -0.2) is 107 Å². The maximum atomic E-state index is 10.4. The number of aromatic nitrogens is 1. The van der Waals surface area contributed by atoms with E-state index in [4.69, 9.17) is 4.74 Å². The lowest BCUT2D eigenvalue weighted by molar-refractivity contribution is -0.214. The molecule has 10 atom stereocenters. The molecule has 2 aliphatic rings. The highest BCUT2D eigenvalue weighted by Crippen LogP contribution is 2.32. The van der Waals surface area contributed by atoms with Crippen LogP contribution in [0.2, 0.25) is 0 Å². The fourth-order valence-electron chi connectivity index (χ4n) is 5.80. The van der Waals surface area contributed by atoms with Gasteiger partial charge in [-0.15, -0.1) is 0 Å². The molecule has 218 valence electrons. The average molecular weight is 566 g/mol. The predicted octanol–water partition coefficient (Wildman–Crippen LogP) is -0.929. The Morgan fingerprint density at radius 2 is 1.32 bits per heavy atom. The summed E-state index contributed by atoms with van der Waals surface area (Å²) in [7, 11) is 0. The molecule has 0 radical (unpaired) electrons. The SMILES string of the molecule is CCn1c2ccc(C#C[C@H]3C[C@H](CO)[C@@H](O)[C@H](O)[C@@H]3O)cc2c2cc(C#C[C@H]3O[C@H](CO)[C@@H](O)[C@H](O)[C@@H]3O)ccc21. The molecule has 1 aliphatic carbocycles. The Hall–Kier alpha value is -3.00. The van der Waals surface area contributed by atoms with Gasteiger partial charge in [0, 0.05) is 57.9 Å². The van der Waals surface area contributed by atoms with Crippen LogP contribution >= 0.6 is 0 Å². The average Bonchev–Trinajstić information content (AvgIpc) is 3.30. The van der Waals surface area contributed by atoms with Gasteiger partial charge in [-0.2, -0.15) is 0 Å². The molecular formula is C31H35NO9. The second-order valence-electron chi connectivity index (χ2n) is 10.8. The highest BCUT2D eigenvalue weighted by molar-refractivity contribution is 6.09. The zero-order valence-corrected chi connectivity index (χ0v) is 22.5. The molecule has 2 fully saturated rings. The fraction of sp³-hybridized carbons (Fsp3) is 0.484. The number of nitrogens with zero attached hydrogens (tertiary/aromatic N) is 1. The quantitative estimate of drug-likeness (QED) is 0.187. The standard InChI is InChI=1S/C31H35NO9/c1-2-32-22-8-4-16(3-7-18-13-19(14-33)27(36)30(39)26(18)35)11-20(22)21-12-17(5-9-23(21)32)6-10-24-28(37)31(40)29(38)25(15-34)41-24/h4-5,8-9,11-12,18-19,24-31,33-40H,2,13-15H2,1H3/t18-,19+,24+,25+,26+,27+,28+,29+,30+,31+/m0/s1. The molecule has 8 N–H and O–H groups in total. The summed E-state index contributed by atoms with van der Waals surface area (Å²) in [5, 5.41) is 81.8. The minimum atomic E-state index is -1.50. The molecule has 0 unspecified atom stereocenters. The normalized spacial score (nSPS) is 33.7. The number of rotatable bonds is 3. The van der Waals surface area contributed by atoms with E-state index in [0.29, 0.717) is 11.1 Å². The third-order valence-corrected chi connectivity index (χ3v) is 8.22. The minimum Gasteiger partial charge on any atom is -0.396 e. The van der Waals surface area contributed by atoms with E-state index in [1.165, 1.54) is 0 Å². The highest BCUT2D eigenvalue weighted by atomic mass is 16.5. The Kier molecular flexibility index (Phi) is 8.69. The maximum Gasteiger partial charge on any atom is 0.147 e. The Bertz CT molecular complexity index is 1410. The van der Waals surface area contributed by atoms with Gasteiger partial charge in [0.05, 0.1) is 18.8 Å². The molecule has 41 heavy (non-hydrogen) atoms. The zero-order chi connectivity index (χ0) is 29.4. The van der Waals surface area contributed by atoms with Crippen molar-refractivity contribution in [3.05, 3.63) is 47.5 Å². The van der Waals surface area contributed by atoms with Crippen molar-refractivity contribution >= 4 is 21.8 Å². The Labute approximate surface area is 237 Å². The smallest absolute Gasteiger partial charge is 0.147 e. The van der Waals surface area contributed by atoms with Crippen LogP contribution in [0, 0.1) is 35.5 Å². The van der Waals surface area contributed by atoms with Gasteiger partial charge in [0.25, 0.3) is 0 Å². The number of aliphatic hydroxyl groups is 8. The number of ether oxygens (including phenoxy) is 1. The van der Waals surface area contributed by atoms with Gasteiger partial charge < -0.3 is 50.2 Å². The molecular weight excluding hydrogens is 530 g/mol. The van der Waals surface area contributed by atoms with E-state index in [0.717, 1.165) is 28.4 Å². The van der Waals surface area contributed by atoms with Gasteiger partial charge in [0.2, 0.25) is 0 Å². The first-order valence-electron chi connectivity index (χ1n) is 13.7. The van der Waals surface area contributed by atoms with Gasteiger partial charge in [0.1, 0.15) is 36.6 Å². The molecule has 0 spiro atoms. The first-order valence-corrected chi connectivity index (χ1v) is 13.7. The second kappa shape index (κ2) is 12.1. The van der Waals surface area contributed by atoms with E-state index in [1.807, 2.05) is 43.3 Å². The van der Waals surface area contributed by atoms with Crippen molar-refractivity contribution in [2.75, 3.05) is 13.2 Å². The number of hydrogen-bond acceptors (Lipinski definition) is 9. The molecule has 0 amide bonds. The third-order valence-electron chi connectivity index (χ3n) is 8.22. The Morgan fingerprint density at radius 3 is 1.88 bits per heavy atom. The van der Waals surface area contributed by atoms with Gasteiger partial charge >= 0.3 is 0 Å². The summed E-state index contributed by atoms with van der Waals surface area (Å²) in [4.78, 5) is 0. The molecule has 5 rings (SSSR count). The molecule has 2 heterocycles. The summed E-state index contributed by atoms with van der Waals surface area (Å²) >= 11 is 0. The highest BCUT2D eigenvalue weighted by Gasteiger charge is 2.43. The van der Waals surface area contributed by atoms with Gasteiger partial charge in [-0.3, -0.25) is 0 Å². The second-order valence-corrected chi connectivity index (χ2v) is 10.8. The summed E-state index contributed by atoms with van der Waals surface area (Å²) in [5.41, 5.74) is 3.30. The van der Waals surface area contributed by atoms with Crippen LogP contribution in [0.3, 0.4) is 0 Å². The van der Waals surface area contributed by atoms with Crippen LogP contribution in [0.4, 0.5) is 0 Å². The van der Waals surface area contributed by atoms with Crippen molar-refractivity contribution in [3.63, 3.8) is 0 Å². The predicted molar refractivity (Wildman–Crippen MR) is 149 cm³/mol. The zero-order valence-electron chi connectivity index (χ0n) is 22.5. The summed E-state index contributed by atoms with van der Waals surface area (Å²) in [5.74, 6) is 10.7. The van der Waals surface area contributed by atoms with Crippen LogP contribution < -0.4 is 0 Å². The van der Waals surface area contributed by atoms with Gasteiger partial charge in [-0.25, -0.2) is 0 Å². The molecule has 3 aromatic rings. The topological polar surface area (TPSA) is 176 Å². The number of fused-ring (bicyclic) bond motifs is 3. The van der Waals surface area contributed by atoms with Crippen molar-refractivity contribution in [2.24, 2.45) is 11.8 Å². The molecule has 1 saturated heterocycles. The first-order chi connectivity index (χ1) is 19.7. The van der Waals surface area contributed by atoms with E-state index < -0.39 is 67.3 Å².